The first-order valence-corrected chi connectivity index (χ1v) is 12.4. The Hall–Kier alpha value is -3.40. The van der Waals surface area contributed by atoms with Crippen LogP contribution in [0.1, 0.15) is 54.2 Å². The molecule has 10 heteroatoms. The molecule has 2 heterocycles. The Morgan fingerprint density at radius 2 is 1.86 bits per heavy atom. The number of likely N-dealkylation sites (tertiary alicyclic amines) is 1. The Labute approximate surface area is 214 Å². The number of likely N-dealkylation sites (N-methyl/N-ethyl adjacent to an activating group) is 1. The maximum absolute atomic E-state index is 13.3. The Morgan fingerprint density at radius 1 is 1.16 bits per heavy atom. The van der Waals surface area contributed by atoms with Gasteiger partial charge in [-0.25, -0.2) is 9.97 Å². The van der Waals surface area contributed by atoms with E-state index in [1.807, 2.05) is 30.0 Å². The number of benzene rings is 2. The molecular formula is C27H33F3N6O. The van der Waals surface area contributed by atoms with Crippen molar-refractivity contribution in [3.8, 4) is 0 Å². The molecule has 1 aromatic heterocycles. The van der Waals surface area contributed by atoms with Gasteiger partial charge in [-0.2, -0.15) is 13.2 Å². The number of hydrogen-bond acceptors (Lipinski definition) is 6. The van der Waals surface area contributed by atoms with E-state index in [0.717, 1.165) is 41.4 Å². The summed E-state index contributed by atoms with van der Waals surface area (Å²) in [4.78, 5) is 25.3. The molecule has 0 spiro atoms. The molecule has 1 fully saturated rings. The van der Waals surface area contributed by atoms with Gasteiger partial charge in [-0.15, -0.1) is 0 Å². The van der Waals surface area contributed by atoms with Crippen LogP contribution in [0.3, 0.4) is 0 Å². The van der Waals surface area contributed by atoms with E-state index in [4.69, 9.17) is 5.73 Å². The molecule has 1 aliphatic rings. The number of hydrogen-bond donors (Lipinski definition) is 2. The Balaban J connectivity index is 1.58. The molecule has 0 unspecified atom stereocenters. The molecule has 1 aliphatic heterocycles. The molecule has 0 aliphatic carbocycles. The fourth-order valence-electron chi connectivity index (χ4n) is 4.84. The average molecular weight is 515 g/mol. The molecule has 1 amide bonds. The summed E-state index contributed by atoms with van der Waals surface area (Å²) in [6, 6.07) is 9.20. The van der Waals surface area contributed by atoms with Crippen molar-refractivity contribution < 1.29 is 18.0 Å². The van der Waals surface area contributed by atoms with Crippen molar-refractivity contribution in [3.05, 3.63) is 58.9 Å². The minimum atomic E-state index is -4.48. The van der Waals surface area contributed by atoms with Crippen molar-refractivity contribution in [2.24, 2.45) is 0 Å². The standard InChI is InChI=1S/C27H33F3N6O/c1-16(20-11-21(27(28,29)30)14-22(31)12-20)32-26-23-13-19(5-6-24(23)33-17(2)34-26)18-7-9-36(10-8-18)25(37)15-35(3)4/h5-6,11-14,16,18H,7-10,15,31H2,1-4H3,(H,32,33,34)/t16-/m0/s1. The van der Waals surface area contributed by atoms with Crippen molar-refractivity contribution in [2.45, 2.75) is 44.8 Å². The maximum atomic E-state index is 13.3. The third-order valence-electron chi connectivity index (χ3n) is 6.76. The van der Waals surface area contributed by atoms with Crippen LogP contribution in [-0.2, 0) is 11.0 Å². The van der Waals surface area contributed by atoms with Crippen LogP contribution in [0.25, 0.3) is 10.9 Å². The molecule has 1 atom stereocenters. The molecular weight excluding hydrogens is 481 g/mol. The van der Waals surface area contributed by atoms with E-state index in [9.17, 15) is 18.0 Å². The van der Waals surface area contributed by atoms with Crippen LogP contribution < -0.4 is 11.1 Å². The molecule has 7 nitrogen and oxygen atoms in total. The highest BCUT2D eigenvalue weighted by Gasteiger charge is 2.31. The van der Waals surface area contributed by atoms with Crippen molar-refractivity contribution in [1.29, 1.82) is 0 Å². The number of nitrogens with two attached hydrogens (primary N) is 1. The maximum Gasteiger partial charge on any atom is 0.416 e. The summed E-state index contributed by atoms with van der Waals surface area (Å²) >= 11 is 0. The van der Waals surface area contributed by atoms with E-state index >= 15 is 0 Å². The largest absolute Gasteiger partial charge is 0.416 e. The van der Waals surface area contributed by atoms with E-state index < -0.39 is 17.8 Å². The van der Waals surface area contributed by atoms with Gasteiger partial charge in [-0.05, 0) is 88.2 Å². The SMILES string of the molecule is Cc1nc(N[C@@H](C)c2cc(N)cc(C(F)(F)F)c2)c2cc(C3CCN(C(=O)CN(C)C)CC3)ccc2n1. The Kier molecular flexibility index (Phi) is 7.59. The minimum absolute atomic E-state index is 0.0555. The normalized spacial score (nSPS) is 15.8. The lowest BCUT2D eigenvalue weighted by Crippen LogP contribution is -2.42. The number of rotatable bonds is 6. The topological polar surface area (TPSA) is 87.4 Å². The predicted molar refractivity (Wildman–Crippen MR) is 139 cm³/mol. The second kappa shape index (κ2) is 10.5. The second-order valence-electron chi connectivity index (χ2n) is 10.0. The number of anilines is 2. The van der Waals surface area contributed by atoms with E-state index in [1.165, 1.54) is 0 Å². The minimum Gasteiger partial charge on any atom is -0.399 e. The third-order valence-corrected chi connectivity index (χ3v) is 6.76. The number of aromatic nitrogens is 2. The monoisotopic (exact) mass is 514 g/mol. The highest BCUT2D eigenvalue weighted by Crippen LogP contribution is 2.35. The summed E-state index contributed by atoms with van der Waals surface area (Å²) in [6.45, 7) is 5.38. The van der Waals surface area contributed by atoms with Crippen LogP contribution in [0.2, 0.25) is 0 Å². The summed E-state index contributed by atoms with van der Waals surface area (Å²) in [7, 11) is 3.77. The number of fused-ring (bicyclic) bond motifs is 1. The number of carbonyl (C=O) groups is 1. The number of carbonyl (C=O) groups excluding carboxylic acids is 1. The van der Waals surface area contributed by atoms with Crippen molar-refractivity contribution >= 4 is 28.3 Å². The van der Waals surface area contributed by atoms with E-state index in [2.05, 4.69) is 27.4 Å². The number of nitrogens with zero attached hydrogens (tertiary/aromatic N) is 4. The van der Waals surface area contributed by atoms with Gasteiger partial charge in [0.2, 0.25) is 5.91 Å². The molecule has 2 aromatic carbocycles. The lowest BCUT2D eigenvalue weighted by Gasteiger charge is -2.33. The number of alkyl halides is 3. The van der Waals surface area contributed by atoms with Crippen molar-refractivity contribution in [2.75, 3.05) is 44.8 Å². The molecule has 3 N–H and O–H groups in total. The van der Waals surface area contributed by atoms with Gasteiger partial charge >= 0.3 is 6.18 Å². The number of piperidine rings is 1. The van der Waals surface area contributed by atoms with Gasteiger partial charge in [-0.3, -0.25) is 4.79 Å². The van der Waals surface area contributed by atoms with Crippen LogP contribution in [0.5, 0.6) is 0 Å². The second-order valence-corrected chi connectivity index (χ2v) is 10.0. The van der Waals surface area contributed by atoms with Gasteiger partial charge in [0.1, 0.15) is 11.6 Å². The molecule has 0 bridgehead atoms. The molecule has 4 rings (SSSR count). The van der Waals surface area contributed by atoms with Gasteiger partial charge in [0.15, 0.2) is 0 Å². The molecule has 0 saturated carbocycles. The third kappa shape index (κ3) is 6.30. The van der Waals surface area contributed by atoms with E-state index in [0.29, 0.717) is 42.8 Å². The number of halogens is 3. The molecule has 37 heavy (non-hydrogen) atoms. The van der Waals surface area contributed by atoms with Crippen LogP contribution in [0, 0.1) is 6.92 Å². The van der Waals surface area contributed by atoms with Gasteiger partial charge in [0, 0.05) is 24.2 Å². The zero-order chi connectivity index (χ0) is 26.9. The number of amides is 1. The van der Waals surface area contributed by atoms with Crippen LogP contribution in [0.4, 0.5) is 24.7 Å². The smallest absolute Gasteiger partial charge is 0.399 e. The zero-order valence-corrected chi connectivity index (χ0v) is 21.6. The van der Waals surface area contributed by atoms with E-state index in [1.54, 1.807) is 19.9 Å². The van der Waals surface area contributed by atoms with Gasteiger partial charge < -0.3 is 20.9 Å². The average Bonchev–Trinajstić information content (AvgIpc) is 2.82. The summed E-state index contributed by atoms with van der Waals surface area (Å²) in [5, 5.41) is 4.09. The predicted octanol–water partition coefficient (Wildman–Crippen LogP) is 4.98. The van der Waals surface area contributed by atoms with Crippen molar-refractivity contribution in [3.63, 3.8) is 0 Å². The van der Waals surface area contributed by atoms with Gasteiger partial charge in [0.05, 0.1) is 23.7 Å². The number of nitrogen functional groups attached to an aromatic ring is 1. The molecule has 198 valence electrons. The fourth-order valence-corrected chi connectivity index (χ4v) is 4.84. The fraction of sp³-hybridized carbons (Fsp3) is 0.444. The summed E-state index contributed by atoms with van der Waals surface area (Å²) in [5.74, 6) is 1.56. The Morgan fingerprint density at radius 3 is 2.51 bits per heavy atom. The number of aryl methyl sites for hydroxylation is 1. The highest BCUT2D eigenvalue weighted by molar-refractivity contribution is 5.90. The van der Waals surface area contributed by atoms with E-state index in [-0.39, 0.29) is 11.6 Å². The molecule has 3 aromatic rings. The van der Waals surface area contributed by atoms with Crippen LogP contribution in [-0.4, -0.2) is 59.4 Å². The summed E-state index contributed by atoms with van der Waals surface area (Å²) in [6.07, 6.45) is -2.76. The summed E-state index contributed by atoms with van der Waals surface area (Å²) < 4.78 is 40.0. The first-order chi connectivity index (χ1) is 17.4. The first kappa shape index (κ1) is 26.7. The van der Waals surface area contributed by atoms with Gasteiger partial charge in [0.25, 0.3) is 0 Å². The lowest BCUT2D eigenvalue weighted by atomic mass is 9.88. The van der Waals surface area contributed by atoms with Crippen LogP contribution in [0.15, 0.2) is 36.4 Å². The Bertz CT molecular complexity index is 1290. The van der Waals surface area contributed by atoms with Gasteiger partial charge in [-0.1, -0.05) is 6.07 Å². The molecule has 1 saturated heterocycles. The number of nitrogens with one attached hydrogen (secondary N) is 1. The highest BCUT2D eigenvalue weighted by atomic mass is 19.4. The quantitative estimate of drug-likeness (QED) is 0.451. The zero-order valence-electron chi connectivity index (χ0n) is 21.6. The first-order valence-electron chi connectivity index (χ1n) is 12.4. The molecule has 0 radical (unpaired) electrons. The summed E-state index contributed by atoms with van der Waals surface area (Å²) in [5.41, 5.74) is 7.37. The lowest BCUT2D eigenvalue weighted by molar-refractivity contribution is -0.137. The van der Waals surface area contributed by atoms with Crippen molar-refractivity contribution in [1.82, 2.24) is 19.8 Å². The van der Waals surface area contributed by atoms with Crippen LogP contribution >= 0.6 is 0 Å².